The number of guanidine groups is 1. The van der Waals surface area contributed by atoms with E-state index < -0.39 is 6.10 Å². The first-order valence-electron chi connectivity index (χ1n) is 9.86. The summed E-state index contributed by atoms with van der Waals surface area (Å²) in [5.41, 5.74) is 3.08. The molecule has 6 nitrogen and oxygen atoms in total. The summed E-state index contributed by atoms with van der Waals surface area (Å²) in [6.45, 7) is 7.41. The van der Waals surface area contributed by atoms with E-state index in [4.69, 9.17) is 16.3 Å². The van der Waals surface area contributed by atoms with E-state index in [0.717, 1.165) is 54.8 Å². The molecule has 156 valence electrons. The number of halogens is 1. The number of aryl methyl sites for hydroxylation is 1. The Balaban J connectivity index is 1.73. The van der Waals surface area contributed by atoms with Crippen LogP contribution in [0.2, 0.25) is 5.02 Å². The van der Waals surface area contributed by atoms with Crippen molar-refractivity contribution in [3.8, 4) is 5.75 Å². The highest BCUT2D eigenvalue weighted by Gasteiger charge is 2.22. The summed E-state index contributed by atoms with van der Waals surface area (Å²) in [5.74, 6) is 1.64. The van der Waals surface area contributed by atoms with Crippen molar-refractivity contribution in [2.24, 2.45) is 4.99 Å². The van der Waals surface area contributed by atoms with Gasteiger partial charge in [0.2, 0.25) is 0 Å². The first-order valence-corrected chi connectivity index (χ1v) is 10.2. The predicted molar refractivity (Wildman–Crippen MR) is 121 cm³/mol. The van der Waals surface area contributed by atoms with E-state index in [1.54, 1.807) is 14.0 Å². The van der Waals surface area contributed by atoms with Crippen LogP contribution in [0.15, 0.2) is 47.5 Å². The van der Waals surface area contributed by atoms with Crippen molar-refractivity contribution in [2.75, 3.05) is 50.1 Å². The number of hydrogen-bond acceptors (Lipinski definition) is 4. The fraction of sp³-hybridized carbons (Fsp3) is 0.409. The molecule has 0 saturated carbocycles. The average Bonchev–Trinajstić information content (AvgIpc) is 2.70. The third kappa shape index (κ3) is 5.78. The number of aliphatic hydroxyl groups is 1. The van der Waals surface area contributed by atoms with Gasteiger partial charge in [0, 0.05) is 36.9 Å². The zero-order chi connectivity index (χ0) is 20.8. The number of benzene rings is 2. The van der Waals surface area contributed by atoms with Crippen LogP contribution in [-0.2, 0) is 0 Å². The summed E-state index contributed by atoms with van der Waals surface area (Å²) in [5, 5.41) is 13.8. The van der Waals surface area contributed by atoms with Crippen LogP contribution in [0.5, 0.6) is 5.75 Å². The number of hydrogen-bond donors (Lipinski definition) is 2. The second kappa shape index (κ2) is 9.85. The molecule has 1 aliphatic rings. The topological polar surface area (TPSA) is 60.3 Å². The Kier molecular flexibility index (Phi) is 7.23. The number of nitrogens with one attached hydrogen (secondary N) is 1. The molecule has 1 atom stereocenters. The van der Waals surface area contributed by atoms with Crippen molar-refractivity contribution in [1.82, 2.24) is 4.90 Å². The van der Waals surface area contributed by atoms with Gasteiger partial charge in [-0.05, 0) is 49.7 Å². The highest BCUT2D eigenvalue weighted by molar-refractivity contribution is 6.31. The van der Waals surface area contributed by atoms with E-state index in [1.165, 1.54) is 0 Å². The molecule has 0 aromatic heterocycles. The Morgan fingerprint density at radius 3 is 2.59 bits per heavy atom. The minimum atomic E-state index is -0.497. The van der Waals surface area contributed by atoms with Crippen LogP contribution in [0.25, 0.3) is 0 Å². The Morgan fingerprint density at radius 1 is 1.21 bits per heavy atom. The van der Waals surface area contributed by atoms with E-state index in [0.29, 0.717) is 11.6 Å². The van der Waals surface area contributed by atoms with Crippen molar-refractivity contribution >= 4 is 28.9 Å². The molecule has 1 saturated heterocycles. The predicted octanol–water partition coefficient (Wildman–Crippen LogP) is 3.63. The van der Waals surface area contributed by atoms with Crippen LogP contribution in [0, 0.1) is 6.92 Å². The molecule has 2 aromatic rings. The molecule has 2 aromatic carbocycles. The number of anilines is 2. The fourth-order valence-electron chi connectivity index (χ4n) is 3.42. The van der Waals surface area contributed by atoms with E-state index in [-0.39, 0.29) is 0 Å². The molecule has 29 heavy (non-hydrogen) atoms. The van der Waals surface area contributed by atoms with Gasteiger partial charge in [0.1, 0.15) is 5.75 Å². The number of rotatable bonds is 5. The molecule has 7 heteroatoms. The molecule has 0 radical (unpaired) electrons. The van der Waals surface area contributed by atoms with Gasteiger partial charge in [0.15, 0.2) is 5.96 Å². The van der Waals surface area contributed by atoms with Gasteiger partial charge in [-0.15, -0.1) is 0 Å². The van der Waals surface area contributed by atoms with Crippen LogP contribution in [-0.4, -0.2) is 61.9 Å². The summed E-state index contributed by atoms with van der Waals surface area (Å²) in [7, 11) is 1.70. The van der Waals surface area contributed by atoms with E-state index >= 15 is 0 Å². The third-order valence-electron chi connectivity index (χ3n) is 4.81. The molecular weight excluding hydrogens is 388 g/mol. The molecule has 2 N–H and O–H groups in total. The Morgan fingerprint density at radius 2 is 1.93 bits per heavy atom. The number of methoxy groups -OCH3 is 1. The van der Waals surface area contributed by atoms with Crippen LogP contribution in [0.3, 0.4) is 0 Å². The lowest BCUT2D eigenvalue weighted by molar-refractivity contribution is 0.203. The Bertz CT molecular complexity index is 828. The molecule has 0 amide bonds. The zero-order valence-corrected chi connectivity index (χ0v) is 18.0. The highest BCUT2D eigenvalue weighted by Crippen LogP contribution is 2.28. The summed E-state index contributed by atoms with van der Waals surface area (Å²) in [6.07, 6.45) is -0.497. The normalized spacial score (nSPS) is 16.0. The molecule has 1 heterocycles. The number of aliphatic hydroxyl groups excluding tert-OH is 1. The molecule has 1 aliphatic heterocycles. The minimum absolute atomic E-state index is 0.342. The molecule has 0 aliphatic carbocycles. The van der Waals surface area contributed by atoms with Crippen molar-refractivity contribution < 1.29 is 9.84 Å². The number of ether oxygens (including phenoxy) is 1. The SMILES string of the molecule is COc1ccccc1N1CCN(/C(=N\CC(C)O)Nc2cc(C)cc(Cl)c2)CC1. The molecular formula is C22H29ClN4O2. The van der Waals surface area contributed by atoms with Gasteiger partial charge in [-0.3, -0.25) is 4.99 Å². The largest absolute Gasteiger partial charge is 0.495 e. The van der Waals surface area contributed by atoms with E-state index in [1.807, 2.05) is 43.3 Å². The lowest BCUT2D eigenvalue weighted by atomic mass is 10.2. The summed E-state index contributed by atoms with van der Waals surface area (Å²) < 4.78 is 5.51. The van der Waals surface area contributed by atoms with Crippen LogP contribution in [0.4, 0.5) is 11.4 Å². The van der Waals surface area contributed by atoms with Crippen molar-refractivity contribution in [2.45, 2.75) is 20.0 Å². The Hall–Kier alpha value is -2.44. The molecule has 0 spiro atoms. The first-order chi connectivity index (χ1) is 14.0. The van der Waals surface area contributed by atoms with Gasteiger partial charge in [0.05, 0.1) is 25.4 Å². The smallest absolute Gasteiger partial charge is 0.198 e. The minimum Gasteiger partial charge on any atom is -0.495 e. The monoisotopic (exact) mass is 416 g/mol. The van der Waals surface area contributed by atoms with E-state index in [9.17, 15) is 5.11 Å². The summed E-state index contributed by atoms with van der Waals surface area (Å²) >= 11 is 6.21. The van der Waals surface area contributed by atoms with Crippen LogP contribution >= 0.6 is 11.6 Å². The lowest BCUT2D eigenvalue weighted by Gasteiger charge is -2.38. The second-order valence-corrected chi connectivity index (χ2v) is 7.74. The van der Waals surface area contributed by atoms with E-state index in [2.05, 4.69) is 26.2 Å². The molecule has 1 unspecified atom stereocenters. The number of piperazine rings is 1. The van der Waals surface area contributed by atoms with Gasteiger partial charge in [-0.25, -0.2) is 0 Å². The van der Waals surface area contributed by atoms with Crippen LogP contribution in [0.1, 0.15) is 12.5 Å². The standard InChI is InChI=1S/C22H29ClN4O2/c1-16-12-18(23)14-19(13-16)25-22(24-15-17(2)28)27-10-8-26(9-11-27)20-6-4-5-7-21(20)29-3/h4-7,12-14,17,28H,8-11,15H2,1-3H3,(H,24,25). The Labute approximate surface area is 177 Å². The highest BCUT2D eigenvalue weighted by atomic mass is 35.5. The van der Waals surface area contributed by atoms with Gasteiger partial charge < -0.3 is 25.0 Å². The van der Waals surface area contributed by atoms with Gasteiger partial charge in [-0.1, -0.05) is 23.7 Å². The van der Waals surface area contributed by atoms with Gasteiger partial charge >= 0.3 is 0 Å². The number of para-hydroxylation sites is 2. The van der Waals surface area contributed by atoms with Gasteiger partial charge in [0.25, 0.3) is 0 Å². The molecule has 0 bridgehead atoms. The second-order valence-electron chi connectivity index (χ2n) is 7.30. The zero-order valence-electron chi connectivity index (χ0n) is 17.2. The maximum Gasteiger partial charge on any atom is 0.198 e. The quantitative estimate of drug-likeness (QED) is 0.575. The third-order valence-corrected chi connectivity index (χ3v) is 5.03. The average molecular weight is 417 g/mol. The first kappa shape index (κ1) is 21.3. The summed E-state index contributed by atoms with van der Waals surface area (Å²) in [4.78, 5) is 9.17. The van der Waals surface area contributed by atoms with Crippen molar-refractivity contribution in [1.29, 1.82) is 0 Å². The number of aliphatic imine (C=N–C) groups is 1. The van der Waals surface area contributed by atoms with Crippen molar-refractivity contribution in [3.05, 3.63) is 53.1 Å². The molecule has 3 rings (SSSR count). The lowest BCUT2D eigenvalue weighted by Crippen LogP contribution is -2.51. The fourth-order valence-corrected chi connectivity index (χ4v) is 3.71. The molecule has 1 fully saturated rings. The van der Waals surface area contributed by atoms with Crippen molar-refractivity contribution in [3.63, 3.8) is 0 Å². The maximum atomic E-state index is 9.71. The van der Waals surface area contributed by atoms with Crippen LogP contribution < -0.4 is 15.0 Å². The summed E-state index contributed by atoms with van der Waals surface area (Å²) in [6, 6.07) is 13.9. The number of nitrogens with zero attached hydrogens (tertiary/aromatic N) is 3. The maximum absolute atomic E-state index is 9.71. The van der Waals surface area contributed by atoms with Gasteiger partial charge in [-0.2, -0.15) is 0 Å².